The van der Waals surface area contributed by atoms with E-state index >= 15 is 0 Å². The molecule has 11 heteroatoms. The van der Waals surface area contributed by atoms with Crippen LogP contribution in [-0.2, 0) is 6.54 Å². The van der Waals surface area contributed by atoms with Gasteiger partial charge in [0.2, 0.25) is 0 Å². The van der Waals surface area contributed by atoms with Gasteiger partial charge in [0.25, 0.3) is 4.73 Å². The van der Waals surface area contributed by atoms with E-state index < -0.39 is 16.6 Å². The van der Waals surface area contributed by atoms with Crippen LogP contribution in [0.25, 0.3) is 0 Å². The standard InChI is InChI=1S/C12H18BrN5O5/c1-12(21,7-15-2-4-16(5-3-15)11(19)20)8-17-6-9(18(22)23)14-10(17)13/h6,21H,2-5,7-8H2,1H3,(H,19,20). The summed E-state index contributed by atoms with van der Waals surface area (Å²) in [5.74, 6) is -0.289. The second kappa shape index (κ2) is 6.81. The summed E-state index contributed by atoms with van der Waals surface area (Å²) >= 11 is 3.14. The van der Waals surface area contributed by atoms with Crippen LogP contribution in [-0.4, -0.2) is 78.9 Å². The van der Waals surface area contributed by atoms with E-state index in [1.807, 2.05) is 4.90 Å². The molecular formula is C12H18BrN5O5. The van der Waals surface area contributed by atoms with Crippen LogP contribution in [0.5, 0.6) is 0 Å². The second-order valence-corrected chi connectivity index (χ2v) is 6.51. The maximum absolute atomic E-state index is 10.9. The number of β-amino-alcohol motifs (C(OH)–C–C–N with tert-alkyl or cyclic N) is 1. The van der Waals surface area contributed by atoms with Gasteiger partial charge in [-0.3, -0.25) is 9.47 Å². The molecule has 0 saturated carbocycles. The summed E-state index contributed by atoms with van der Waals surface area (Å²) < 4.78 is 1.76. The molecule has 1 aromatic heterocycles. The molecule has 2 N–H and O–H groups in total. The van der Waals surface area contributed by atoms with Crippen LogP contribution in [0.3, 0.4) is 0 Å². The SMILES string of the molecule is CC(O)(CN1CCN(C(=O)O)CC1)Cn1cc([N+](=O)[O-])nc1Br. The normalized spacial score (nSPS) is 18.7. The van der Waals surface area contributed by atoms with E-state index in [0.29, 0.717) is 32.7 Å². The van der Waals surface area contributed by atoms with E-state index in [4.69, 9.17) is 5.11 Å². The fourth-order valence-electron chi connectivity index (χ4n) is 2.58. The van der Waals surface area contributed by atoms with Gasteiger partial charge in [0, 0.05) is 48.7 Å². The quantitative estimate of drug-likeness (QED) is 0.555. The van der Waals surface area contributed by atoms with Crippen molar-refractivity contribution in [1.82, 2.24) is 19.4 Å². The summed E-state index contributed by atoms with van der Waals surface area (Å²) in [5, 5.41) is 30.2. The minimum Gasteiger partial charge on any atom is -0.465 e. The average Bonchev–Trinajstić information content (AvgIpc) is 2.79. The van der Waals surface area contributed by atoms with Crippen molar-refractivity contribution in [3.05, 3.63) is 21.0 Å². The Labute approximate surface area is 140 Å². The van der Waals surface area contributed by atoms with Crippen molar-refractivity contribution < 1.29 is 19.9 Å². The Hall–Kier alpha value is -1.72. The van der Waals surface area contributed by atoms with Crippen LogP contribution in [0.4, 0.5) is 10.6 Å². The predicted octanol–water partition coefficient (Wildman–Crippen LogP) is 0.600. The summed E-state index contributed by atoms with van der Waals surface area (Å²) in [6, 6.07) is 0. The van der Waals surface area contributed by atoms with E-state index in [-0.39, 0.29) is 17.1 Å². The minimum absolute atomic E-state index is 0.133. The number of piperazine rings is 1. The Morgan fingerprint density at radius 1 is 1.43 bits per heavy atom. The molecule has 128 valence electrons. The van der Waals surface area contributed by atoms with Crippen LogP contribution < -0.4 is 0 Å². The zero-order chi connectivity index (χ0) is 17.2. The van der Waals surface area contributed by atoms with Crippen molar-refractivity contribution in [2.24, 2.45) is 0 Å². The van der Waals surface area contributed by atoms with Gasteiger partial charge in [0.05, 0.1) is 12.1 Å². The van der Waals surface area contributed by atoms with Crippen molar-refractivity contribution in [1.29, 1.82) is 0 Å². The van der Waals surface area contributed by atoms with E-state index in [1.54, 1.807) is 6.92 Å². The molecule has 0 aromatic carbocycles. The maximum Gasteiger partial charge on any atom is 0.407 e. The molecule has 1 unspecified atom stereocenters. The highest BCUT2D eigenvalue weighted by Gasteiger charge is 2.30. The zero-order valence-electron chi connectivity index (χ0n) is 12.6. The van der Waals surface area contributed by atoms with Gasteiger partial charge in [-0.1, -0.05) is 0 Å². The third kappa shape index (κ3) is 4.62. The molecule has 0 spiro atoms. The first-order valence-electron chi connectivity index (χ1n) is 6.97. The topological polar surface area (TPSA) is 125 Å². The van der Waals surface area contributed by atoms with Crippen molar-refractivity contribution in [2.75, 3.05) is 32.7 Å². The Bertz CT molecular complexity index is 597. The number of hydrogen-bond acceptors (Lipinski definition) is 6. The summed E-state index contributed by atoms with van der Waals surface area (Å²) in [6.07, 6.45) is 0.326. The maximum atomic E-state index is 10.9. The fourth-order valence-corrected chi connectivity index (χ4v) is 2.98. The molecule has 2 heterocycles. The number of aromatic nitrogens is 2. The smallest absolute Gasteiger partial charge is 0.407 e. The first-order chi connectivity index (χ1) is 10.7. The molecule has 0 aliphatic carbocycles. The summed E-state index contributed by atoms with van der Waals surface area (Å²) in [4.78, 5) is 28.1. The fraction of sp³-hybridized carbons (Fsp3) is 0.667. The number of amides is 1. The van der Waals surface area contributed by atoms with Crippen LogP contribution in [0.15, 0.2) is 10.9 Å². The van der Waals surface area contributed by atoms with Gasteiger partial charge in [0.1, 0.15) is 6.20 Å². The monoisotopic (exact) mass is 391 g/mol. The zero-order valence-corrected chi connectivity index (χ0v) is 14.1. The number of imidazole rings is 1. The largest absolute Gasteiger partial charge is 0.465 e. The molecule has 10 nitrogen and oxygen atoms in total. The number of carboxylic acid groups (broad SMARTS) is 1. The van der Waals surface area contributed by atoms with Gasteiger partial charge < -0.3 is 25.2 Å². The van der Waals surface area contributed by atoms with Crippen molar-refractivity contribution in [3.8, 4) is 0 Å². The second-order valence-electron chi connectivity index (χ2n) is 5.80. The minimum atomic E-state index is -1.14. The lowest BCUT2D eigenvalue weighted by atomic mass is 10.1. The first kappa shape index (κ1) is 17.6. The molecule has 23 heavy (non-hydrogen) atoms. The van der Waals surface area contributed by atoms with Crippen LogP contribution in [0, 0.1) is 10.1 Å². The Morgan fingerprint density at radius 3 is 2.52 bits per heavy atom. The molecule has 1 amide bonds. The molecule has 0 radical (unpaired) electrons. The highest BCUT2D eigenvalue weighted by molar-refractivity contribution is 9.10. The van der Waals surface area contributed by atoms with Gasteiger partial charge >= 0.3 is 11.9 Å². The predicted molar refractivity (Wildman–Crippen MR) is 83.2 cm³/mol. The highest BCUT2D eigenvalue weighted by atomic mass is 79.9. The van der Waals surface area contributed by atoms with Crippen LogP contribution in [0.2, 0.25) is 0 Å². The number of carbonyl (C=O) groups is 1. The van der Waals surface area contributed by atoms with Gasteiger partial charge in [-0.2, -0.15) is 0 Å². The molecule has 2 rings (SSSR count). The molecule has 1 fully saturated rings. The van der Waals surface area contributed by atoms with Gasteiger partial charge in [-0.25, -0.2) is 4.79 Å². The highest BCUT2D eigenvalue weighted by Crippen LogP contribution is 2.20. The van der Waals surface area contributed by atoms with Gasteiger partial charge in [-0.15, -0.1) is 0 Å². The lowest BCUT2D eigenvalue weighted by Gasteiger charge is -2.37. The Balaban J connectivity index is 1.94. The van der Waals surface area contributed by atoms with E-state index in [1.165, 1.54) is 15.7 Å². The van der Waals surface area contributed by atoms with E-state index in [9.17, 15) is 20.0 Å². The first-order valence-corrected chi connectivity index (χ1v) is 7.77. The molecule has 1 aromatic rings. The van der Waals surface area contributed by atoms with Gasteiger partial charge in [0.15, 0.2) is 0 Å². The van der Waals surface area contributed by atoms with E-state index in [0.717, 1.165) is 0 Å². The van der Waals surface area contributed by atoms with Crippen LogP contribution >= 0.6 is 15.9 Å². The molecular weight excluding hydrogens is 374 g/mol. The number of nitro groups is 1. The van der Waals surface area contributed by atoms with E-state index in [2.05, 4.69) is 20.9 Å². The molecule has 1 saturated heterocycles. The Morgan fingerprint density at radius 2 is 2.04 bits per heavy atom. The van der Waals surface area contributed by atoms with Crippen LogP contribution in [0.1, 0.15) is 6.92 Å². The van der Waals surface area contributed by atoms with Crippen molar-refractivity contribution in [3.63, 3.8) is 0 Å². The number of rotatable bonds is 5. The van der Waals surface area contributed by atoms with Gasteiger partial charge in [-0.05, 0) is 16.8 Å². The average molecular weight is 392 g/mol. The molecule has 1 aliphatic heterocycles. The lowest BCUT2D eigenvalue weighted by molar-refractivity contribution is -0.389. The number of aliphatic hydroxyl groups is 1. The number of hydrogen-bond donors (Lipinski definition) is 2. The summed E-state index contributed by atoms with van der Waals surface area (Å²) in [5.41, 5.74) is -1.14. The lowest BCUT2D eigenvalue weighted by Crippen LogP contribution is -2.53. The third-order valence-electron chi connectivity index (χ3n) is 3.62. The third-order valence-corrected chi connectivity index (χ3v) is 4.25. The summed E-state index contributed by atoms with van der Waals surface area (Å²) in [7, 11) is 0. The molecule has 1 aliphatic rings. The molecule has 0 bridgehead atoms. The Kier molecular flexibility index (Phi) is 5.22. The molecule has 1 atom stereocenters. The van der Waals surface area contributed by atoms with Crippen molar-refractivity contribution >= 4 is 27.8 Å². The summed E-state index contributed by atoms with van der Waals surface area (Å²) in [6.45, 7) is 3.96. The number of halogens is 1. The number of nitrogens with zero attached hydrogens (tertiary/aromatic N) is 5. The van der Waals surface area contributed by atoms with Crippen molar-refractivity contribution in [2.45, 2.75) is 19.1 Å².